The molecule has 25 heteroatoms. The van der Waals surface area contributed by atoms with Gasteiger partial charge in [0, 0.05) is 55.8 Å². The summed E-state index contributed by atoms with van der Waals surface area (Å²) in [6.07, 6.45) is 2.34. The Morgan fingerprint density at radius 2 is 0.910 bits per heavy atom. The van der Waals surface area contributed by atoms with Gasteiger partial charge >= 0.3 is 5.97 Å². The number of carbonyl (C=O) groups excluding carboxylic acids is 11. The molecule has 11 amide bonds. The number of rotatable bonds is 18. The third kappa shape index (κ3) is 23.6. The Balaban J connectivity index is 4.35. The van der Waals surface area contributed by atoms with E-state index in [0.29, 0.717) is 0 Å². The van der Waals surface area contributed by atoms with Gasteiger partial charge in [-0.15, -0.1) is 0 Å². The van der Waals surface area contributed by atoms with Crippen LogP contribution in [-0.2, 0) is 57.5 Å². The smallest absolute Gasteiger partial charge is 0.303 e. The summed E-state index contributed by atoms with van der Waals surface area (Å²) >= 11 is 0. The fourth-order valence-corrected chi connectivity index (χ4v) is 11.0. The molecule has 1 heterocycles. The Morgan fingerprint density at radius 3 is 1.37 bits per heavy atom. The summed E-state index contributed by atoms with van der Waals surface area (Å²) in [4.78, 5) is 180. The van der Waals surface area contributed by atoms with Crippen molar-refractivity contribution < 1.29 is 67.7 Å². The van der Waals surface area contributed by atoms with E-state index in [1.807, 2.05) is 55.4 Å². The molecule has 1 fully saturated rings. The zero-order chi connectivity index (χ0) is 69.0. The van der Waals surface area contributed by atoms with E-state index in [-0.39, 0.29) is 75.0 Å². The molecule has 1 aliphatic heterocycles. The van der Waals surface area contributed by atoms with Gasteiger partial charge in [0.05, 0.1) is 12.6 Å². The monoisotopic (exact) mass is 1260 g/mol. The Morgan fingerprint density at radius 1 is 0.483 bits per heavy atom. The maximum Gasteiger partial charge on any atom is 0.303 e. The van der Waals surface area contributed by atoms with Crippen LogP contribution in [0.25, 0.3) is 0 Å². The first kappa shape index (κ1) is 80.4. The highest BCUT2D eigenvalue weighted by atomic mass is 16.4. The van der Waals surface area contributed by atoms with Crippen molar-refractivity contribution in [1.82, 2.24) is 55.6 Å². The minimum absolute atomic E-state index is 0.0250. The van der Waals surface area contributed by atoms with Gasteiger partial charge in [-0.3, -0.25) is 57.5 Å². The maximum absolute atomic E-state index is 15.2. The molecule has 0 aromatic carbocycles. The van der Waals surface area contributed by atoms with Crippen molar-refractivity contribution in [2.24, 2.45) is 41.4 Å². The van der Waals surface area contributed by atoms with Gasteiger partial charge in [0.15, 0.2) is 0 Å². The van der Waals surface area contributed by atoms with E-state index < -0.39 is 162 Å². The second-order valence-electron chi connectivity index (χ2n) is 26.9. The van der Waals surface area contributed by atoms with Crippen LogP contribution in [0.3, 0.4) is 0 Å². The van der Waals surface area contributed by atoms with Crippen molar-refractivity contribution in [3.05, 3.63) is 12.2 Å². The van der Waals surface area contributed by atoms with E-state index in [4.69, 9.17) is 0 Å². The molecule has 1 saturated heterocycles. The number of nitrogens with one attached hydrogen (secondary N) is 4. The summed E-state index contributed by atoms with van der Waals surface area (Å²) in [6, 6.07) is -12.7. The zero-order valence-corrected chi connectivity index (χ0v) is 57.8. The van der Waals surface area contributed by atoms with Gasteiger partial charge in [0.1, 0.15) is 60.4 Å². The van der Waals surface area contributed by atoms with Crippen molar-refractivity contribution >= 4 is 70.9 Å². The van der Waals surface area contributed by atoms with Crippen molar-refractivity contribution in [2.45, 2.75) is 229 Å². The van der Waals surface area contributed by atoms with Gasteiger partial charge in [0.25, 0.3) is 0 Å². The highest BCUT2D eigenvalue weighted by Crippen LogP contribution is 2.26. The van der Waals surface area contributed by atoms with E-state index in [9.17, 15) is 58.2 Å². The number of carbonyl (C=O) groups is 12. The first-order valence-electron chi connectivity index (χ1n) is 31.7. The predicted molar refractivity (Wildman–Crippen MR) is 340 cm³/mol. The molecule has 2 unspecified atom stereocenters. The molecule has 0 aromatic rings. The predicted octanol–water partition coefficient (Wildman–Crippen LogP) is 3.11. The number of carboxylic acids is 1. The third-order valence-electron chi connectivity index (χ3n) is 16.5. The lowest BCUT2D eigenvalue weighted by Crippen LogP contribution is -2.63. The number of nitrogens with zero attached hydrogens (tertiary/aromatic N) is 7. The van der Waals surface area contributed by atoms with E-state index in [1.165, 1.54) is 87.7 Å². The molecule has 1 rings (SSSR count). The fraction of sp³-hybridized carbons (Fsp3) is 0.781. The van der Waals surface area contributed by atoms with Crippen LogP contribution in [0.4, 0.5) is 0 Å². The minimum Gasteiger partial charge on any atom is -0.481 e. The summed E-state index contributed by atoms with van der Waals surface area (Å²) in [5.74, 6) is -11.4. The summed E-state index contributed by atoms with van der Waals surface area (Å²) < 4.78 is 0. The van der Waals surface area contributed by atoms with Crippen molar-refractivity contribution in [2.75, 3.05) is 55.9 Å². The Kier molecular flexibility index (Phi) is 33.3. The fourth-order valence-electron chi connectivity index (χ4n) is 11.0. The molecular formula is C64H113N11O14. The van der Waals surface area contributed by atoms with Gasteiger partial charge in [0.2, 0.25) is 65.0 Å². The molecule has 0 aliphatic carbocycles. The Bertz CT molecular complexity index is 2470. The molecule has 12 atom stereocenters. The topological polar surface area (TPSA) is 316 Å². The first-order chi connectivity index (χ1) is 41.1. The molecule has 0 spiro atoms. The van der Waals surface area contributed by atoms with Gasteiger partial charge in [-0.05, 0) is 100 Å². The van der Waals surface area contributed by atoms with Gasteiger partial charge in [-0.25, -0.2) is 0 Å². The normalized spacial score (nSPS) is 26.2. The van der Waals surface area contributed by atoms with Crippen molar-refractivity contribution in [3.8, 4) is 0 Å². The maximum atomic E-state index is 15.2. The first-order valence-corrected chi connectivity index (χ1v) is 31.7. The Labute approximate surface area is 530 Å². The van der Waals surface area contributed by atoms with Crippen LogP contribution in [0, 0.1) is 41.4 Å². The number of amides is 11. The van der Waals surface area contributed by atoms with Crippen LogP contribution in [0.1, 0.15) is 162 Å². The van der Waals surface area contributed by atoms with Crippen molar-refractivity contribution in [1.29, 1.82) is 0 Å². The largest absolute Gasteiger partial charge is 0.481 e. The van der Waals surface area contributed by atoms with Crippen LogP contribution in [0.15, 0.2) is 12.2 Å². The molecular weight excluding hydrogens is 1150 g/mol. The average molecular weight is 1260 g/mol. The van der Waals surface area contributed by atoms with E-state index >= 15 is 9.59 Å². The molecule has 6 N–H and O–H groups in total. The summed E-state index contributed by atoms with van der Waals surface area (Å²) in [5.41, 5.74) is 0. The van der Waals surface area contributed by atoms with Crippen molar-refractivity contribution in [3.63, 3.8) is 0 Å². The van der Waals surface area contributed by atoms with Crippen LogP contribution >= 0.6 is 0 Å². The summed E-state index contributed by atoms with van der Waals surface area (Å²) in [5, 5.41) is 32.3. The minimum atomic E-state index is -1.71. The standard InChI is InChI=1S/C64H113N11O14/c1-24-44-60(85)69(17)34-49(76)70(18)45(30-35(2)3)57(82)68-51(39(10)11)63(88)71(19)46(31-36(4)5)56(81)65-42(15)55(80)66-43(16)59(84)72(20)47(32-37(6)7)61(86)73(21)48(33-38(8)9)62(87)74(22)52(40(12)13)64(89)75(23)53(58(83)67-44)54(79)41(14)28-26-25-27-29-50(77)78/h25-26,35-48,51-54,79H,24,27-34H2,1-23H3,(H,65,81)(H,66,80)(H,67,83)(H,68,82)(H,77,78)/t41-,42+,43-,44+,45?,46-,47-,48+,51+,52+,53?,54-/m1/s1. The van der Waals surface area contributed by atoms with Gasteiger partial charge in [-0.2, -0.15) is 0 Å². The Hall–Kier alpha value is -6.66. The number of hydrogen-bond acceptors (Lipinski definition) is 13. The molecule has 508 valence electrons. The van der Waals surface area contributed by atoms with Crippen LogP contribution in [0.2, 0.25) is 0 Å². The average Bonchev–Trinajstić information content (AvgIpc) is 0.957. The zero-order valence-electron chi connectivity index (χ0n) is 57.8. The van der Waals surface area contributed by atoms with E-state index in [2.05, 4.69) is 21.3 Å². The summed E-state index contributed by atoms with van der Waals surface area (Å²) in [6.45, 7) is 27.1. The van der Waals surface area contributed by atoms with Crippen LogP contribution < -0.4 is 21.3 Å². The lowest BCUT2D eigenvalue weighted by molar-refractivity contribution is -0.157. The SMILES string of the molecule is CC[C@@H]1NC(=O)C([C@H](O)[C@H](C)CC=CCCC(=O)O)N(C)C(=O)[C@H](C(C)C)N(C)C(=O)[C@H](CC(C)C)N(C)C(=O)[C@@H](CC(C)C)N(C)C(=O)[C@@H](C)NC(=O)[C@H](C)NC(=O)[C@@H](CC(C)C)N(C)C(=O)[C@H](C(C)C)NC(=O)C(CC(C)C)N(C)C(=O)CN(C)C1=O. The molecule has 0 aromatic heterocycles. The number of carboxylic acid groups (broad SMARTS) is 1. The van der Waals surface area contributed by atoms with Gasteiger partial charge < -0.3 is 65.8 Å². The number of aliphatic carboxylic acids is 1. The molecule has 0 radical (unpaired) electrons. The molecule has 0 bridgehead atoms. The number of aliphatic hydroxyl groups excluding tert-OH is 1. The van der Waals surface area contributed by atoms with Crippen LogP contribution in [0.5, 0.6) is 0 Å². The molecule has 25 nitrogen and oxygen atoms in total. The lowest BCUT2D eigenvalue weighted by atomic mass is 9.91. The second kappa shape index (κ2) is 36.9. The number of aliphatic hydroxyl groups is 1. The quantitative estimate of drug-likeness (QED) is 0.108. The lowest BCUT2D eigenvalue weighted by Gasteiger charge is -2.41. The van der Waals surface area contributed by atoms with Crippen LogP contribution in [-0.4, -0.2) is 238 Å². The number of allylic oxidation sites excluding steroid dienone is 2. The number of likely N-dealkylation sites (N-methyl/N-ethyl adjacent to an activating group) is 7. The number of hydrogen-bond donors (Lipinski definition) is 6. The van der Waals surface area contributed by atoms with E-state index in [0.717, 1.165) is 9.80 Å². The molecule has 1 aliphatic rings. The third-order valence-corrected chi connectivity index (χ3v) is 16.5. The molecule has 0 saturated carbocycles. The molecule has 89 heavy (non-hydrogen) atoms. The second-order valence-corrected chi connectivity index (χ2v) is 26.9. The highest BCUT2D eigenvalue weighted by Gasteiger charge is 2.46. The van der Waals surface area contributed by atoms with Gasteiger partial charge in [-0.1, -0.05) is 109 Å². The highest BCUT2D eigenvalue weighted by molar-refractivity contribution is 5.99. The van der Waals surface area contributed by atoms with E-state index in [1.54, 1.807) is 53.7 Å². The summed E-state index contributed by atoms with van der Waals surface area (Å²) in [7, 11) is 9.74.